The minimum absolute atomic E-state index is 0.284. The zero-order valence-corrected chi connectivity index (χ0v) is 20.9. The first kappa shape index (κ1) is 24.0. The largest absolute Gasteiger partial charge is 0.361 e. The number of hydrogen-bond acceptors (Lipinski definition) is 2. The van der Waals surface area contributed by atoms with Crippen LogP contribution in [0.2, 0.25) is 0 Å². The monoisotopic (exact) mass is 506 g/mol. The Bertz CT molecular complexity index is 1720. The smallest absolute Gasteiger partial charge is 0.270 e. The Morgan fingerprint density at radius 3 is 1.82 bits per heavy atom. The highest BCUT2D eigenvalue weighted by atomic mass is 19.1. The molecule has 0 N–H and O–H groups in total. The summed E-state index contributed by atoms with van der Waals surface area (Å²) in [4.78, 5) is 8.24. The predicted molar refractivity (Wildman–Crippen MR) is 154 cm³/mol. The number of rotatable bonds is 6. The van der Waals surface area contributed by atoms with Crippen LogP contribution < -0.4 is 0 Å². The van der Waals surface area contributed by atoms with Gasteiger partial charge < -0.3 is 4.85 Å². The summed E-state index contributed by atoms with van der Waals surface area (Å²) in [5.41, 5.74) is 4.92. The Morgan fingerprint density at radius 1 is 0.692 bits per heavy atom. The molecule has 0 saturated carbocycles. The van der Waals surface area contributed by atoms with E-state index in [-0.39, 0.29) is 11.6 Å². The summed E-state index contributed by atoms with van der Waals surface area (Å²) < 4.78 is 15.9. The Balaban J connectivity index is 1.71. The first-order valence-electron chi connectivity index (χ1n) is 12.6. The lowest BCUT2D eigenvalue weighted by atomic mass is 9.77. The fourth-order valence-electron chi connectivity index (χ4n) is 5.13. The third-order valence-corrected chi connectivity index (χ3v) is 6.83. The van der Waals surface area contributed by atoms with Crippen LogP contribution in [0.1, 0.15) is 27.9 Å². The molecule has 0 saturated heterocycles. The fraction of sp³-hybridized carbons (Fsp3) is 0.0294. The zero-order valence-electron chi connectivity index (χ0n) is 20.9. The van der Waals surface area contributed by atoms with Crippen LogP contribution in [-0.2, 0) is 5.54 Å². The number of nitrogens with zero attached hydrogens (tertiary/aromatic N) is 4. The van der Waals surface area contributed by atoms with E-state index in [0.29, 0.717) is 16.8 Å². The summed E-state index contributed by atoms with van der Waals surface area (Å²) in [6.07, 6.45) is 3.65. The molecular weight excluding hydrogens is 483 g/mol. The molecule has 0 aliphatic heterocycles. The van der Waals surface area contributed by atoms with Crippen molar-refractivity contribution in [3.8, 4) is 0 Å². The Morgan fingerprint density at radius 2 is 1.28 bits per heavy atom. The summed E-state index contributed by atoms with van der Waals surface area (Å²) >= 11 is 0. The summed E-state index contributed by atoms with van der Waals surface area (Å²) in [6.45, 7) is 7.56. The maximum absolute atomic E-state index is 13.9. The molecule has 0 bridgehead atoms. The van der Waals surface area contributed by atoms with Crippen LogP contribution in [0.4, 0.5) is 10.2 Å². The SMILES string of the molecule is [C-]#[N+]c1ccc2c(n1)c(/C=C/c1cccc(F)c1)nn2C(c1ccccc1)(c1ccccc1)c1ccccc1. The molecule has 0 radical (unpaired) electrons. The van der Waals surface area contributed by atoms with Gasteiger partial charge in [0, 0.05) is 0 Å². The van der Waals surface area contributed by atoms with Crippen molar-refractivity contribution in [3.63, 3.8) is 0 Å². The highest BCUT2D eigenvalue weighted by molar-refractivity contribution is 5.88. The molecule has 0 aliphatic carbocycles. The molecule has 6 rings (SSSR count). The van der Waals surface area contributed by atoms with Crippen LogP contribution >= 0.6 is 0 Å². The summed E-state index contributed by atoms with van der Waals surface area (Å²) in [6, 6.07) is 40.8. The Kier molecular flexibility index (Phi) is 6.28. The third-order valence-electron chi connectivity index (χ3n) is 6.83. The van der Waals surface area contributed by atoms with Crippen molar-refractivity contribution in [3.05, 3.63) is 173 Å². The normalized spacial score (nSPS) is 11.6. The minimum Gasteiger partial charge on any atom is -0.361 e. The second-order valence-corrected chi connectivity index (χ2v) is 9.14. The van der Waals surface area contributed by atoms with Crippen LogP contribution in [0.5, 0.6) is 0 Å². The number of hydrogen-bond donors (Lipinski definition) is 0. The van der Waals surface area contributed by atoms with Crippen LogP contribution in [0.15, 0.2) is 127 Å². The molecule has 6 aromatic rings. The molecular formula is C34H23FN4. The highest BCUT2D eigenvalue weighted by Gasteiger charge is 2.41. The number of aromatic nitrogens is 3. The van der Waals surface area contributed by atoms with Crippen molar-refractivity contribution in [2.75, 3.05) is 0 Å². The molecule has 4 nitrogen and oxygen atoms in total. The summed E-state index contributed by atoms with van der Waals surface area (Å²) in [5, 5.41) is 5.17. The van der Waals surface area contributed by atoms with Gasteiger partial charge in [0.25, 0.3) is 5.82 Å². The highest BCUT2D eigenvalue weighted by Crippen LogP contribution is 2.42. The van der Waals surface area contributed by atoms with Gasteiger partial charge in [-0.2, -0.15) is 5.10 Å². The number of halogens is 1. The number of benzene rings is 4. The van der Waals surface area contributed by atoms with Crippen molar-refractivity contribution in [2.24, 2.45) is 0 Å². The van der Waals surface area contributed by atoms with E-state index in [1.165, 1.54) is 12.1 Å². The van der Waals surface area contributed by atoms with Crippen molar-refractivity contribution >= 4 is 29.0 Å². The van der Waals surface area contributed by atoms with Gasteiger partial charge in [0.1, 0.15) is 22.6 Å². The molecule has 0 fully saturated rings. The molecule has 0 spiro atoms. The summed E-state index contributed by atoms with van der Waals surface area (Å²) in [7, 11) is 0. The lowest BCUT2D eigenvalue weighted by Crippen LogP contribution is -2.38. The maximum atomic E-state index is 13.9. The van der Waals surface area contributed by atoms with Gasteiger partial charge in [0.05, 0.1) is 0 Å². The molecule has 2 aromatic heterocycles. The molecule has 4 aromatic carbocycles. The molecule has 0 amide bonds. The fourth-order valence-corrected chi connectivity index (χ4v) is 5.13. The van der Waals surface area contributed by atoms with Crippen molar-refractivity contribution < 1.29 is 4.39 Å². The van der Waals surface area contributed by atoms with Gasteiger partial charge in [-0.15, -0.1) is 4.98 Å². The first-order chi connectivity index (χ1) is 19.2. The van der Waals surface area contributed by atoms with Gasteiger partial charge in [0.2, 0.25) is 5.52 Å². The van der Waals surface area contributed by atoms with E-state index in [4.69, 9.17) is 11.7 Å². The van der Waals surface area contributed by atoms with E-state index in [1.807, 2.05) is 83.6 Å². The second kappa shape index (κ2) is 10.2. The second-order valence-electron chi connectivity index (χ2n) is 9.14. The molecule has 39 heavy (non-hydrogen) atoms. The van der Waals surface area contributed by atoms with Gasteiger partial charge in [0.15, 0.2) is 0 Å². The first-order valence-corrected chi connectivity index (χ1v) is 12.6. The number of fused-ring (bicyclic) bond motifs is 1. The van der Waals surface area contributed by atoms with Crippen molar-refractivity contribution in [1.82, 2.24) is 14.8 Å². The van der Waals surface area contributed by atoms with E-state index < -0.39 is 5.54 Å². The third kappa shape index (κ3) is 4.28. The lowest BCUT2D eigenvalue weighted by molar-refractivity contribution is 0.475. The Labute approximate surface area is 226 Å². The minimum atomic E-state index is -0.839. The topological polar surface area (TPSA) is 35.1 Å². The molecule has 0 aliphatic rings. The van der Waals surface area contributed by atoms with Gasteiger partial charge in [-0.05, 0) is 52.6 Å². The zero-order chi connectivity index (χ0) is 26.7. The van der Waals surface area contributed by atoms with Gasteiger partial charge >= 0.3 is 0 Å². The summed E-state index contributed by atoms with van der Waals surface area (Å²) in [5.74, 6) is -0.0237. The standard InChI is InChI=1S/C34H23FN4/c1-36-32-23-22-31-33(37-32)30(21-20-25-12-11-19-29(35)24-25)38-39(31)34(26-13-5-2-6-14-26,27-15-7-3-8-16-27)28-17-9-4-10-18-28/h2-24H/b21-20+. The van der Waals surface area contributed by atoms with E-state index in [0.717, 1.165) is 22.2 Å². The van der Waals surface area contributed by atoms with E-state index in [2.05, 4.69) is 46.2 Å². The van der Waals surface area contributed by atoms with Crippen LogP contribution in [0, 0.1) is 12.4 Å². The van der Waals surface area contributed by atoms with Gasteiger partial charge in [-0.1, -0.05) is 116 Å². The average Bonchev–Trinajstić information content (AvgIpc) is 3.36. The quantitative estimate of drug-likeness (QED) is 0.169. The van der Waals surface area contributed by atoms with Gasteiger partial charge in [-0.3, -0.25) is 0 Å². The van der Waals surface area contributed by atoms with E-state index in [9.17, 15) is 4.39 Å². The van der Waals surface area contributed by atoms with Crippen molar-refractivity contribution in [2.45, 2.75) is 5.54 Å². The Hall–Kier alpha value is -5.34. The maximum Gasteiger partial charge on any atom is 0.270 e. The van der Waals surface area contributed by atoms with Crippen LogP contribution in [0.3, 0.4) is 0 Å². The predicted octanol–water partition coefficient (Wildman–Crippen LogP) is 8.13. The van der Waals surface area contributed by atoms with Gasteiger partial charge in [-0.25, -0.2) is 9.07 Å². The number of pyridine rings is 1. The molecule has 0 atom stereocenters. The van der Waals surface area contributed by atoms with Crippen LogP contribution in [-0.4, -0.2) is 14.8 Å². The molecule has 0 unspecified atom stereocenters. The van der Waals surface area contributed by atoms with Crippen LogP contribution in [0.25, 0.3) is 28.0 Å². The lowest BCUT2D eigenvalue weighted by Gasteiger charge is -2.36. The average molecular weight is 507 g/mol. The van der Waals surface area contributed by atoms with Crippen molar-refractivity contribution in [1.29, 1.82) is 0 Å². The van der Waals surface area contributed by atoms with E-state index >= 15 is 0 Å². The van der Waals surface area contributed by atoms with E-state index in [1.54, 1.807) is 12.1 Å². The molecule has 5 heteroatoms. The molecule has 186 valence electrons. The molecule has 2 heterocycles.